The van der Waals surface area contributed by atoms with E-state index in [4.69, 9.17) is 9.84 Å². The lowest BCUT2D eigenvalue weighted by atomic mass is 10.2. The van der Waals surface area contributed by atoms with E-state index in [1.165, 1.54) is 6.08 Å². The Labute approximate surface area is 86.7 Å². The molecule has 84 valence electrons. The minimum absolute atomic E-state index is 0.00944. The van der Waals surface area contributed by atoms with Gasteiger partial charge in [0.15, 0.2) is 6.04 Å². The van der Waals surface area contributed by atoms with Crippen molar-refractivity contribution in [2.75, 3.05) is 13.2 Å². The van der Waals surface area contributed by atoms with Gasteiger partial charge in [-0.2, -0.15) is 0 Å². The van der Waals surface area contributed by atoms with Crippen LogP contribution in [0.5, 0.6) is 0 Å². The van der Waals surface area contributed by atoms with Crippen molar-refractivity contribution in [3.8, 4) is 0 Å². The highest BCUT2D eigenvalue weighted by Crippen LogP contribution is 2.19. The maximum Gasteiger partial charge on any atom is 0.408 e. The molecule has 1 rings (SSSR count). The second-order valence-corrected chi connectivity index (χ2v) is 3.20. The molecule has 0 aromatic heterocycles. The third-order valence-electron chi connectivity index (χ3n) is 2.20. The van der Waals surface area contributed by atoms with Gasteiger partial charge >= 0.3 is 12.1 Å². The first-order valence-electron chi connectivity index (χ1n) is 4.53. The SMILES string of the molecule is C=CCOC(=O)[C@@H]1[C@H](O)CCN1C(=O)O. The van der Waals surface area contributed by atoms with Gasteiger partial charge in [-0.05, 0) is 6.42 Å². The van der Waals surface area contributed by atoms with Gasteiger partial charge < -0.3 is 14.9 Å². The summed E-state index contributed by atoms with van der Waals surface area (Å²) < 4.78 is 4.70. The van der Waals surface area contributed by atoms with E-state index in [1.54, 1.807) is 0 Å². The Bertz CT molecular complexity index is 278. The van der Waals surface area contributed by atoms with Crippen LogP contribution in [0.3, 0.4) is 0 Å². The average Bonchev–Trinajstić information content (AvgIpc) is 2.56. The largest absolute Gasteiger partial charge is 0.465 e. The van der Waals surface area contributed by atoms with E-state index in [2.05, 4.69) is 6.58 Å². The van der Waals surface area contributed by atoms with E-state index in [1.807, 2.05) is 0 Å². The van der Waals surface area contributed by atoms with E-state index >= 15 is 0 Å². The Morgan fingerprint density at radius 1 is 1.60 bits per heavy atom. The van der Waals surface area contributed by atoms with Gasteiger partial charge in [0, 0.05) is 6.54 Å². The number of hydrogen-bond donors (Lipinski definition) is 2. The molecule has 1 amide bonds. The molecule has 0 aromatic rings. The Morgan fingerprint density at radius 3 is 2.80 bits per heavy atom. The zero-order valence-corrected chi connectivity index (χ0v) is 8.13. The first kappa shape index (κ1) is 11.5. The molecule has 0 bridgehead atoms. The summed E-state index contributed by atoms with van der Waals surface area (Å²) in [4.78, 5) is 23.0. The van der Waals surface area contributed by atoms with Crippen LogP contribution in [0.25, 0.3) is 0 Å². The average molecular weight is 215 g/mol. The molecule has 2 atom stereocenters. The lowest BCUT2D eigenvalue weighted by Gasteiger charge is -2.21. The monoisotopic (exact) mass is 215 g/mol. The normalized spacial score (nSPS) is 25.0. The molecule has 2 N–H and O–H groups in total. The summed E-state index contributed by atoms with van der Waals surface area (Å²) in [6.45, 7) is 3.52. The van der Waals surface area contributed by atoms with E-state index in [0.29, 0.717) is 0 Å². The van der Waals surface area contributed by atoms with E-state index in [9.17, 15) is 14.7 Å². The van der Waals surface area contributed by atoms with Crippen LogP contribution < -0.4 is 0 Å². The van der Waals surface area contributed by atoms with Crippen LogP contribution in [0.15, 0.2) is 12.7 Å². The number of carboxylic acid groups (broad SMARTS) is 1. The number of carbonyl (C=O) groups excluding carboxylic acids is 1. The number of ether oxygens (including phenoxy) is 1. The van der Waals surface area contributed by atoms with Crippen molar-refractivity contribution in [1.82, 2.24) is 4.90 Å². The first-order chi connectivity index (χ1) is 7.07. The van der Waals surface area contributed by atoms with Gasteiger partial charge in [-0.3, -0.25) is 4.90 Å². The van der Waals surface area contributed by atoms with Crippen LogP contribution in [0, 0.1) is 0 Å². The summed E-state index contributed by atoms with van der Waals surface area (Å²) in [6, 6.07) is -1.11. The molecule has 0 radical (unpaired) electrons. The standard InChI is InChI=1S/C9H13NO5/c1-2-5-15-8(12)7-6(11)3-4-10(7)9(13)14/h2,6-7,11H,1,3-5H2,(H,13,14)/t6-,7+/m1/s1. The second-order valence-electron chi connectivity index (χ2n) is 3.20. The highest BCUT2D eigenvalue weighted by atomic mass is 16.5. The van der Waals surface area contributed by atoms with Gasteiger partial charge in [0.05, 0.1) is 6.10 Å². The number of nitrogens with zero attached hydrogens (tertiary/aromatic N) is 1. The van der Waals surface area contributed by atoms with Crippen molar-refractivity contribution < 1.29 is 24.5 Å². The van der Waals surface area contributed by atoms with Crippen molar-refractivity contribution in [2.45, 2.75) is 18.6 Å². The zero-order valence-electron chi connectivity index (χ0n) is 8.13. The van der Waals surface area contributed by atoms with E-state index in [0.717, 1.165) is 4.90 Å². The molecule has 1 fully saturated rings. The smallest absolute Gasteiger partial charge is 0.408 e. The fourth-order valence-corrected chi connectivity index (χ4v) is 1.50. The van der Waals surface area contributed by atoms with Crippen LogP contribution in [-0.4, -0.2) is 52.5 Å². The minimum Gasteiger partial charge on any atom is -0.465 e. The van der Waals surface area contributed by atoms with Gasteiger partial charge in [0.25, 0.3) is 0 Å². The number of carbonyl (C=O) groups is 2. The fraction of sp³-hybridized carbons (Fsp3) is 0.556. The maximum atomic E-state index is 11.4. The number of amides is 1. The highest BCUT2D eigenvalue weighted by molar-refractivity contribution is 5.82. The highest BCUT2D eigenvalue weighted by Gasteiger charge is 2.42. The summed E-state index contributed by atoms with van der Waals surface area (Å²) in [7, 11) is 0. The van der Waals surface area contributed by atoms with E-state index < -0.39 is 24.2 Å². The van der Waals surface area contributed by atoms with Gasteiger partial charge in [-0.25, -0.2) is 9.59 Å². The summed E-state index contributed by atoms with van der Waals surface area (Å²) in [5.41, 5.74) is 0. The van der Waals surface area contributed by atoms with Crippen LogP contribution in [-0.2, 0) is 9.53 Å². The Morgan fingerprint density at radius 2 is 2.27 bits per heavy atom. The van der Waals surface area contributed by atoms with Crippen LogP contribution in [0.4, 0.5) is 4.79 Å². The second kappa shape index (κ2) is 4.79. The lowest BCUT2D eigenvalue weighted by molar-refractivity contribution is -0.149. The van der Waals surface area contributed by atoms with E-state index in [-0.39, 0.29) is 19.6 Å². The first-order valence-corrected chi connectivity index (χ1v) is 4.53. The number of hydrogen-bond acceptors (Lipinski definition) is 4. The van der Waals surface area contributed by atoms with Gasteiger partial charge in [0.2, 0.25) is 0 Å². The molecule has 0 unspecified atom stereocenters. The lowest BCUT2D eigenvalue weighted by Crippen LogP contribution is -2.45. The van der Waals surface area contributed by atoms with Crippen LogP contribution in [0.2, 0.25) is 0 Å². The van der Waals surface area contributed by atoms with Crippen molar-refractivity contribution in [1.29, 1.82) is 0 Å². The molecule has 6 nitrogen and oxygen atoms in total. The quantitative estimate of drug-likeness (QED) is 0.504. The molecule has 15 heavy (non-hydrogen) atoms. The maximum absolute atomic E-state index is 11.4. The fourth-order valence-electron chi connectivity index (χ4n) is 1.50. The molecular formula is C9H13NO5. The molecular weight excluding hydrogens is 202 g/mol. The van der Waals surface area contributed by atoms with Crippen molar-refractivity contribution in [3.05, 3.63) is 12.7 Å². The van der Waals surface area contributed by atoms with Crippen molar-refractivity contribution in [2.24, 2.45) is 0 Å². The predicted octanol–water partition coefficient (Wildman–Crippen LogP) is -0.171. The summed E-state index contributed by atoms with van der Waals surface area (Å²) in [5, 5.41) is 18.2. The number of esters is 1. The molecule has 0 spiro atoms. The molecule has 1 aliphatic rings. The zero-order chi connectivity index (χ0) is 11.4. The minimum atomic E-state index is -1.23. The van der Waals surface area contributed by atoms with Crippen LogP contribution >= 0.6 is 0 Å². The molecule has 1 heterocycles. The molecule has 1 saturated heterocycles. The third-order valence-corrected chi connectivity index (χ3v) is 2.20. The van der Waals surface area contributed by atoms with Crippen LogP contribution in [0.1, 0.15) is 6.42 Å². The number of aliphatic hydroxyl groups excluding tert-OH is 1. The van der Waals surface area contributed by atoms with Gasteiger partial charge in [-0.1, -0.05) is 12.7 Å². The molecule has 0 saturated carbocycles. The number of likely N-dealkylation sites (tertiary alicyclic amines) is 1. The number of aliphatic hydroxyl groups is 1. The molecule has 0 aromatic carbocycles. The van der Waals surface area contributed by atoms with Crippen molar-refractivity contribution >= 4 is 12.1 Å². The topological polar surface area (TPSA) is 87.1 Å². The Hall–Kier alpha value is -1.56. The summed E-state index contributed by atoms with van der Waals surface area (Å²) in [5.74, 6) is -0.734. The number of rotatable bonds is 3. The van der Waals surface area contributed by atoms with Crippen molar-refractivity contribution in [3.63, 3.8) is 0 Å². The summed E-state index contributed by atoms with van der Waals surface area (Å²) >= 11 is 0. The van der Waals surface area contributed by atoms with Gasteiger partial charge in [-0.15, -0.1) is 0 Å². The third kappa shape index (κ3) is 2.47. The summed E-state index contributed by atoms with van der Waals surface area (Å²) in [6.07, 6.45) is -0.588. The molecule has 0 aliphatic carbocycles. The Balaban J connectivity index is 2.66. The predicted molar refractivity (Wildman–Crippen MR) is 50.3 cm³/mol. The van der Waals surface area contributed by atoms with Gasteiger partial charge in [0.1, 0.15) is 6.61 Å². The Kier molecular flexibility index (Phi) is 3.68. The molecule has 6 heteroatoms. The molecule has 1 aliphatic heterocycles.